The molecule has 1 atom stereocenters. The number of nitrogens with zero attached hydrogens (tertiary/aromatic N) is 4. The van der Waals surface area contributed by atoms with Crippen LogP contribution in [0.2, 0.25) is 0 Å². The fourth-order valence-electron chi connectivity index (χ4n) is 2.65. The SMILES string of the molecule is CN1N=C(C(=O)NC(c2ccccc2)c2nccn2C)CCC1=O. The van der Waals surface area contributed by atoms with Crippen molar-refractivity contribution in [3.8, 4) is 0 Å². The summed E-state index contributed by atoms with van der Waals surface area (Å²) in [6.45, 7) is 0. The highest BCUT2D eigenvalue weighted by atomic mass is 16.2. The zero-order chi connectivity index (χ0) is 17.1. The van der Waals surface area contributed by atoms with Gasteiger partial charge in [0.25, 0.3) is 5.91 Å². The highest BCUT2D eigenvalue weighted by Crippen LogP contribution is 2.20. The van der Waals surface area contributed by atoms with E-state index in [1.165, 1.54) is 5.01 Å². The number of hydrazone groups is 1. The van der Waals surface area contributed by atoms with Gasteiger partial charge >= 0.3 is 0 Å². The molecular weight excluding hydrogens is 306 g/mol. The number of carbonyl (C=O) groups is 2. The molecule has 1 N–H and O–H groups in total. The van der Waals surface area contributed by atoms with Crippen LogP contribution in [0.15, 0.2) is 47.8 Å². The quantitative estimate of drug-likeness (QED) is 0.918. The summed E-state index contributed by atoms with van der Waals surface area (Å²) in [7, 11) is 3.44. The summed E-state index contributed by atoms with van der Waals surface area (Å²) in [5.74, 6) is 0.358. The molecule has 0 spiro atoms. The average molecular weight is 325 g/mol. The van der Waals surface area contributed by atoms with Crippen molar-refractivity contribution in [1.82, 2.24) is 19.9 Å². The van der Waals surface area contributed by atoms with E-state index in [1.807, 2.05) is 48.1 Å². The number of aromatic nitrogens is 2. The molecule has 0 bridgehead atoms. The number of nitrogens with one attached hydrogen (secondary N) is 1. The first-order valence-electron chi connectivity index (χ1n) is 7.73. The van der Waals surface area contributed by atoms with Crippen molar-refractivity contribution < 1.29 is 9.59 Å². The van der Waals surface area contributed by atoms with E-state index in [9.17, 15) is 9.59 Å². The Morgan fingerprint density at radius 2 is 1.96 bits per heavy atom. The zero-order valence-corrected chi connectivity index (χ0v) is 13.6. The zero-order valence-electron chi connectivity index (χ0n) is 13.6. The summed E-state index contributed by atoms with van der Waals surface area (Å²) >= 11 is 0. The van der Waals surface area contributed by atoms with Gasteiger partial charge in [-0.2, -0.15) is 5.10 Å². The Kier molecular flexibility index (Phi) is 4.41. The predicted molar refractivity (Wildman–Crippen MR) is 89.1 cm³/mol. The fraction of sp³-hybridized carbons (Fsp3) is 0.294. The van der Waals surface area contributed by atoms with Gasteiger partial charge in [-0.1, -0.05) is 30.3 Å². The number of aryl methyl sites for hydroxylation is 1. The van der Waals surface area contributed by atoms with Gasteiger partial charge in [0.2, 0.25) is 5.91 Å². The van der Waals surface area contributed by atoms with Gasteiger partial charge in [0.15, 0.2) is 0 Å². The first kappa shape index (κ1) is 15.9. The van der Waals surface area contributed by atoms with Crippen molar-refractivity contribution in [1.29, 1.82) is 0 Å². The monoisotopic (exact) mass is 325 g/mol. The number of imidazole rings is 1. The second-order valence-corrected chi connectivity index (χ2v) is 5.68. The smallest absolute Gasteiger partial charge is 0.268 e. The third-order valence-corrected chi connectivity index (χ3v) is 3.99. The van der Waals surface area contributed by atoms with Crippen LogP contribution in [0, 0.1) is 0 Å². The maximum atomic E-state index is 12.6. The number of hydrogen-bond acceptors (Lipinski definition) is 4. The van der Waals surface area contributed by atoms with Gasteiger partial charge in [-0.25, -0.2) is 9.99 Å². The number of hydrogen-bond donors (Lipinski definition) is 1. The van der Waals surface area contributed by atoms with Gasteiger partial charge in [-0.3, -0.25) is 9.59 Å². The summed E-state index contributed by atoms with van der Waals surface area (Å²) in [5.41, 5.74) is 1.29. The summed E-state index contributed by atoms with van der Waals surface area (Å²) in [5, 5.41) is 8.28. The van der Waals surface area contributed by atoms with Gasteiger partial charge in [-0.05, 0) is 5.56 Å². The van der Waals surface area contributed by atoms with E-state index in [2.05, 4.69) is 15.4 Å². The molecule has 0 fully saturated rings. The summed E-state index contributed by atoms with van der Waals surface area (Å²) in [4.78, 5) is 28.5. The Hall–Kier alpha value is -2.96. The lowest BCUT2D eigenvalue weighted by Crippen LogP contribution is -2.40. The molecule has 2 amide bonds. The largest absolute Gasteiger partial charge is 0.337 e. The normalized spacial score (nSPS) is 15.8. The summed E-state index contributed by atoms with van der Waals surface area (Å²) in [6, 6.07) is 9.26. The molecule has 1 aromatic heterocycles. The predicted octanol–water partition coefficient (Wildman–Crippen LogP) is 1.23. The van der Waals surface area contributed by atoms with Crippen LogP contribution in [0.5, 0.6) is 0 Å². The molecular formula is C17H19N5O2. The first-order chi connectivity index (χ1) is 11.6. The van der Waals surface area contributed by atoms with Gasteiger partial charge < -0.3 is 9.88 Å². The Morgan fingerprint density at radius 1 is 1.21 bits per heavy atom. The molecule has 1 aromatic carbocycles. The Labute approximate surface area is 140 Å². The molecule has 2 aromatic rings. The lowest BCUT2D eigenvalue weighted by molar-refractivity contribution is -0.130. The topological polar surface area (TPSA) is 79.6 Å². The van der Waals surface area contributed by atoms with Gasteiger partial charge in [0.1, 0.15) is 17.6 Å². The van der Waals surface area contributed by atoms with Gasteiger partial charge in [0.05, 0.1) is 0 Å². The van der Waals surface area contributed by atoms with Crippen LogP contribution >= 0.6 is 0 Å². The highest BCUT2D eigenvalue weighted by Gasteiger charge is 2.26. The van der Waals surface area contributed by atoms with Crippen molar-refractivity contribution in [2.45, 2.75) is 18.9 Å². The van der Waals surface area contributed by atoms with Crippen LogP contribution in [-0.2, 0) is 16.6 Å². The van der Waals surface area contributed by atoms with Crippen LogP contribution in [0.3, 0.4) is 0 Å². The molecule has 0 saturated carbocycles. The van der Waals surface area contributed by atoms with Crippen molar-refractivity contribution in [2.75, 3.05) is 7.05 Å². The van der Waals surface area contributed by atoms with Crippen LogP contribution in [0.1, 0.15) is 30.3 Å². The first-order valence-corrected chi connectivity index (χ1v) is 7.73. The van der Waals surface area contributed by atoms with Gasteiger partial charge in [-0.15, -0.1) is 0 Å². The van der Waals surface area contributed by atoms with E-state index in [1.54, 1.807) is 13.2 Å². The molecule has 3 rings (SSSR count). The third kappa shape index (κ3) is 3.19. The van der Waals surface area contributed by atoms with E-state index >= 15 is 0 Å². The van der Waals surface area contributed by atoms with Crippen molar-refractivity contribution in [3.05, 3.63) is 54.1 Å². The molecule has 2 heterocycles. The van der Waals surface area contributed by atoms with Crippen molar-refractivity contribution in [2.24, 2.45) is 12.1 Å². The van der Waals surface area contributed by atoms with E-state index < -0.39 is 0 Å². The fourth-order valence-corrected chi connectivity index (χ4v) is 2.65. The number of benzene rings is 1. The molecule has 0 radical (unpaired) electrons. The molecule has 1 unspecified atom stereocenters. The van der Waals surface area contributed by atoms with E-state index in [-0.39, 0.29) is 17.9 Å². The minimum absolute atomic E-state index is 0.0877. The highest BCUT2D eigenvalue weighted by molar-refractivity contribution is 6.39. The molecule has 0 saturated heterocycles. The molecule has 24 heavy (non-hydrogen) atoms. The number of carbonyl (C=O) groups excluding carboxylic acids is 2. The van der Waals surface area contributed by atoms with E-state index in [4.69, 9.17) is 0 Å². The third-order valence-electron chi connectivity index (χ3n) is 3.99. The van der Waals surface area contributed by atoms with Crippen LogP contribution in [0.4, 0.5) is 0 Å². The Morgan fingerprint density at radius 3 is 2.58 bits per heavy atom. The Balaban J connectivity index is 1.88. The van der Waals surface area contributed by atoms with Crippen molar-refractivity contribution in [3.63, 3.8) is 0 Å². The minimum Gasteiger partial charge on any atom is -0.337 e. The Bertz CT molecular complexity index is 781. The van der Waals surface area contributed by atoms with Crippen LogP contribution in [-0.4, -0.2) is 39.1 Å². The van der Waals surface area contributed by atoms with Crippen LogP contribution < -0.4 is 5.32 Å². The molecule has 7 nitrogen and oxygen atoms in total. The minimum atomic E-state index is -0.385. The van der Waals surface area contributed by atoms with Gasteiger partial charge in [0, 0.05) is 39.3 Å². The maximum absolute atomic E-state index is 12.6. The van der Waals surface area contributed by atoms with Crippen LogP contribution in [0.25, 0.3) is 0 Å². The number of amides is 2. The average Bonchev–Trinajstić information content (AvgIpc) is 3.01. The molecule has 124 valence electrons. The maximum Gasteiger partial charge on any atom is 0.268 e. The second-order valence-electron chi connectivity index (χ2n) is 5.68. The van der Waals surface area contributed by atoms with E-state index in [0.717, 1.165) is 11.4 Å². The summed E-state index contributed by atoms with van der Waals surface area (Å²) < 4.78 is 1.87. The lowest BCUT2D eigenvalue weighted by atomic mass is 10.0. The summed E-state index contributed by atoms with van der Waals surface area (Å²) in [6.07, 6.45) is 4.17. The second kappa shape index (κ2) is 6.66. The van der Waals surface area contributed by atoms with Crippen molar-refractivity contribution >= 4 is 17.5 Å². The lowest BCUT2D eigenvalue weighted by Gasteiger charge is -2.22. The molecule has 1 aliphatic heterocycles. The molecule has 0 aliphatic carbocycles. The standard InChI is InChI=1S/C17H19N5O2/c1-21-11-10-18-16(21)15(12-6-4-3-5-7-12)19-17(24)13-8-9-14(23)22(2)20-13/h3-7,10-11,15H,8-9H2,1-2H3,(H,19,24). The molecule has 7 heteroatoms. The van der Waals surface area contributed by atoms with E-state index in [0.29, 0.717) is 18.6 Å². The number of rotatable bonds is 4. The molecule has 1 aliphatic rings.